The van der Waals surface area contributed by atoms with Crippen LogP contribution in [0, 0.1) is 0 Å². The van der Waals surface area contributed by atoms with Crippen LogP contribution < -0.4 is 31.8 Å². The predicted octanol–water partition coefficient (Wildman–Crippen LogP) is 0.427. The topological polar surface area (TPSA) is 178 Å². The maximum Gasteiger partial charge on any atom is 0.345 e. The van der Waals surface area contributed by atoms with Crippen molar-refractivity contribution in [3.05, 3.63) is 141 Å². The quantitative estimate of drug-likeness (QED) is 0.270. The molecule has 0 spiro atoms. The molecule has 0 unspecified atom stereocenters. The lowest BCUT2D eigenvalue weighted by Crippen LogP contribution is -2.52. The summed E-state index contributed by atoms with van der Waals surface area (Å²) in [6.45, 7) is 0. The number of aromatic nitrogens is 3. The van der Waals surface area contributed by atoms with Crippen molar-refractivity contribution < 1.29 is 28.8 Å². The molecule has 3 aromatic carbocycles. The third-order valence-corrected chi connectivity index (χ3v) is 7.67. The van der Waals surface area contributed by atoms with E-state index in [4.69, 9.17) is 0 Å². The van der Waals surface area contributed by atoms with Crippen LogP contribution in [0.25, 0.3) is 17.1 Å². The first-order chi connectivity index (χ1) is 23.0. The van der Waals surface area contributed by atoms with Crippen LogP contribution in [0.3, 0.4) is 0 Å². The van der Waals surface area contributed by atoms with Gasteiger partial charge in [-0.15, -0.1) is 0 Å². The lowest BCUT2D eigenvalue weighted by molar-refractivity contribution is -0.121. The fourth-order valence-electron chi connectivity index (χ4n) is 5.42. The Kier molecular flexibility index (Phi) is 6.71. The van der Waals surface area contributed by atoms with Crippen molar-refractivity contribution in [2.24, 2.45) is 0 Å². The largest absolute Gasteiger partial charge is 0.345 e. The molecule has 234 valence electrons. The van der Waals surface area contributed by atoms with Crippen molar-refractivity contribution in [3.63, 3.8) is 0 Å². The minimum Gasteiger partial charge on any atom is -0.269 e. The van der Waals surface area contributed by atoms with E-state index in [2.05, 4.69) is 0 Å². The highest BCUT2D eigenvalue weighted by atomic mass is 16.2. The summed E-state index contributed by atoms with van der Waals surface area (Å²) in [6.07, 6.45) is 6.61. The lowest BCUT2D eigenvalue weighted by atomic mass is 10.2. The SMILES string of the molecule is O=C1C=CC(=O)N1c1ccc(-n2c(=O)n(-c3ccc(N4C(=O)C=CC4=O)cc3)c(=O)n(-c3ccc(N4C(=O)C=CC4=O)cc3)c2=O)cc1. The van der Waals surface area contributed by atoms with Gasteiger partial charge in [0, 0.05) is 36.5 Å². The van der Waals surface area contributed by atoms with E-state index in [1.807, 2.05) is 0 Å². The monoisotopic (exact) mass is 642 g/mol. The zero-order chi connectivity index (χ0) is 33.9. The van der Waals surface area contributed by atoms with Crippen molar-refractivity contribution in [1.82, 2.24) is 13.7 Å². The zero-order valence-electron chi connectivity index (χ0n) is 24.2. The van der Waals surface area contributed by atoms with Crippen LogP contribution in [0.2, 0.25) is 0 Å². The van der Waals surface area contributed by atoms with Crippen molar-refractivity contribution in [3.8, 4) is 17.1 Å². The Balaban J connectivity index is 1.38. The summed E-state index contributed by atoms with van der Waals surface area (Å²) in [7, 11) is 0. The van der Waals surface area contributed by atoms with E-state index in [0.717, 1.165) is 51.2 Å². The molecular weight excluding hydrogens is 624 g/mol. The predicted molar refractivity (Wildman–Crippen MR) is 168 cm³/mol. The Bertz CT molecular complexity index is 2060. The molecule has 6 amide bonds. The van der Waals surface area contributed by atoms with Crippen LogP contribution in [-0.2, 0) is 28.8 Å². The molecule has 0 saturated carbocycles. The van der Waals surface area contributed by atoms with Crippen LogP contribution in [0.1, 0.15) is 0 Å². The third kappa shape index (κ3) is 4.57. The summed E-state index contributed by atoms with van der Waals surface area (Å²) in [4.78, 5) is 118. The van der Waals surface area contributed by atoms with Gasteiger partial charge >= 0.3 is 17.1 Å². The Labute approximate surface area is 267 Å². The molecular formula is C33H18N6O9. The van der Waals surface area contributed by atoms with E-state index in [1.54, 1.807) is 0 Å². The minimum atomic E-state index is -1.08. The number of benzene rings is 3. The van der Waals surface area contributed by atoms with Gasteiger partial charge in [-0.25, -0.2) is 42.8 Å². The van der Waals surface area contributed by atoms with E-state index < -0.39 is 52.5 Å². The first-order valence-electron chi connectivity index (χ1n) is 14.1. The average molecular weight is 643 g/mol. The summed E-state index contributed by atoms with van der Waals surface area (Å²) >= 11 is 0. The summed E-state index contributed by atoms with van der Waals surface area (Å²) in [5.41, 5.74) is -2.78. The molecule has 0 saturated heterocycles. The molecule has 15 nitrogen and oxygen atoms in total. The van der Waals surface area contributed by atoms with E-state index in [1.165, 1.54) is 72.8 Å². The normalized spacial score (nSPS) is 15.6. The Morgan fingerprint density at radius 3 is 0.604 bits per heavy atom. The van der Waals surface area contributed by atoms with Gasteiger partial charge in [-0.2, -0.15) is 0 Å². The molecule has 0 aliphatic carbocycles. The van der Waals surface area contributed by atoms with Crippen LogP contribution in [-0.4, -0.2) is 49.1 Å². The number of nitrogens with zero attached hydrogens (tertiary/aromatic N) is 6. The van der Waals surface area contributed by atoms with Crippen LogP contribution in [0.4, 0.5) is 17.1 Å². The van der Waals surface area contributed by atoms with Gasteiger partial charge in [-0.05, 0) is 72.8 Å². The molecule has 1 aromatic heterocycles. The van der Waals surface area contributed by atoms with Crippen molar-refractivity contribution in [1.29, 1.82) is 0 Å². The maximum absolute atomic E-state index is 14.0. The standard InChI is InChI=1S/C33H18N6O9/c40-25-13-14-26(41)34(25)19-1-7-22(8-2-19)37-31(46)38(23-9-3-20(4-10-23)35-27(42)15-16-28(35)43)33(48)39(32(37)47)24-11-5-21(6-12-24)36-29(44)17-18-30(36)45/h1-18H. The molecule has 0 fully saturated rings. The number of carbonyl (C=O) groups excluding carboxylic acids is 6. The minimum absolute atomic E-state index is 0.0183. The number of amides is 6. The zero-order valence-corrected chi connectivity index (χ0v) is 24.2. The number of carbonyl (C=O) groups is 6. The highest BCUT2D eigenvalue weighted by Crippen LogP contribution is 2.23. The Hall–Kier alpha value is -7.29. The highest BCUT2D eigenvalue weighted by molar-refractivity contribution is 6.29. The summed E-state index contributed by atoms with van der Waals surface area (Å²) in [5.74, 6) is -3.45. The fourth-order valence-corrected chi connectivity index (χ4v) is 5.42. The maximum atomic E-state index is 14.0. The summed E-state index contributed by atoms with van der Waals surface area (Å²) < 4.78 is 2.11. The summed E-state index contributed by atoms with van der Waals surface area (Å²) in [5, 5.41) is 0. The van der Waals surface area contributed by atoms with E-state index in [0.29, 0.717) is 13.7 Å². The van der Waals surface area contributed by atoms with Crippen LogP contribution in [0.5, 0.6) is 0 Å². The Morgan fingerprint density at radius 2 is 0.417 bits per heavy atom. The summed E-state index contributed by atoms with van der Waals surface area (Å²) in [6, 6.07) is 16.0. The third-order valence-electron chi connectivity index (χ3n) is 7.67. The molecule has 0 N–H and O–H groups in total. The molecule has 0 bridgehead atoms. The van der Waals surface area contributed by atoms with Gasteiger partial charge in [0.1, 0.15) is 0 Å². The molecule has 4 aromatic rings. The van der Waals surface area contributed by atoms with Crippen LogP contribution in [0.15, 0.2) is 124 Å². The molecule has 15 heteroatoms. The number of hydrogen-bond donors (Lipinski definition) is 0. The molecule has 4 heterocycles. The average Bonchev–Trinajstić information content (AvgIpc) is 3.72. The van der Waals surface area contributed by atoms with Gasteiger partial charge in [0.2, 0.25) is 0 Å². The second kappa shape index (κ2) is 11.0. The fraction of sp³-hybridized carbons (Fsp3) is 0. The highest BCUT2D eigenvalue weighted by Gasteiger charge is 2.28. The number of rotatable bonds is 6. The molecule has 48 heavy (non-hydrogen) atoms. The second-order valence-corrected chi connectivity index (χ2v) is 10.4. The molecule has 0 atom stereocenters. The van der Waals surface area contributed by atoms with Gasteiger partial charge in [-0.3, -0.25) is 28.8 Å². The van der Waals surface area contributed by atoms with Gasteiger partial charge in [0.15, 0.2) is 0 Å². The first kappa shape index (κ1) is 29.4. The van der Waals surface area contributed by atoms with Crippen LogP contribution >= 0.6 is 0 Å². The number of anilines is 3. The smallest absolute Gasteiger partial charge is 0.269 e. The van der Waals surface area contributed by atoms with Gasteiger partial charge in [-0.1, -0.05) is 0 Å². The molecule has 3 aliphatic heterocycles. The molecule has 0 radical (unpaired) electrons. The van der Waals surface area contributed by atoms with Crippen molar-refractivity contribution >= 4 is 52.5 Å². The van der Waals surface area contributed by atoms with E-state index >= 15 is 0 Å². The van der Waals surface area contributed by atoms with Crippen molar-refractivity contribution in [2.75, 3.05) is 14.7 Å². The second-order valence-electron chi connectivity index (χ2n) is 10.4. The number of imide groups is 3. The molecule has 3 aliphatic rings. The Morgan fingerprint density at radius 1 is 0.250 bits per heavy atom. The number of hydrogen-bond acceptors (Lipinski definition) is 9. The lowest BCUT2D eigenvalue weighted by Gasteiger charge is -2.18. The van der Waals surface area contributed by atoms with Gasteiger partial charge in [0.05, 0.1) is 34.1 Å². The van der Waals surface area contributed by atoms with Gasteiger partial charge < -0.3 is 0 Å². The first-order valence-corrected chi connectivity index (χ1v) is 14.1. The van der Waals surface area contributed by atoms with E-state index in [9.17, 15) is 43.2 Å². The van der Waals surface area contributed by atoms with Crippen molar-refractivity contribution in [2.45, 2.75) is 0 Å². The molecule has 7 rings (SSSR count). The van der Waals surface area contributed by atoms with Gasteiger partial charge in [0.25, 0.3) is 35.4 Å². The van der Waals surface area contributed by atoms with E-state index in [-0.39, 0.29) is 34.1 Å².